The van der Waals surface area contributed by atoms with Gasteiger partial charge in [0.25, 0.3) is 0 Å². The van der Waals surface area contributed by atoms with Gasteiger partial charge in [0.2, 0.25) is 5.91 Å². The molecule has 0 aliphatic carbocycles. The van der Waals surface area contributed by atoms with Crippen LogP contribution in [0.15, 0.2) is 18.5 Å². The fraction of sp³-hybridized carbons (Fsp3) is 0.538. The molecule has 0 saturated carbocycles. The maximum atomic E-state index is 12.1. The molecular formula is C13H18N2O2. The summed E-state index contributed by atoms with van der Waals surface area (Å²) in [5.74, 6) is 0.00261. The Bertz CT molecular complexity index is 406. The normalized spacial score (nSPS) is 24.4. The zero-order valence-electron chi connectivity index (χ0n) is 10.3. The van der Waals surface area contributed by atoms with Crippen molar-refractivity contribution in [3.05, 3.63) is 24.0 Å². The minimum Gasteiger partial charge on any atom is -0.378 e. The molecule has 92 valence electrons. The van der Waals surface area contributed by atoms with Crippen LogP contribution in [0.1, 0.15) is 25.3 Å². The summed E-state index contributed by atoms with van der Waals surface area (Å²) >= 11 is 0. The van der Waals surface area contributed by atoms with Crippen LogP contribution in [0.4, 0.5) is 5.69 Å². The summed E-state index contributed by atoms with van der Waals surface area (Å²) in [6.07, 6.45) is 5.29. The molecule has 0 aromatic carbocycles. The summed E-state index contributed by atoms with van der Waals surface area (Å²) in [6, 6.07) is 1.82. The van der Waals surface area contributed by atoms with Crippen LogP contribution in [-0.2, 0) is 9.53 Å². The van der Waals surface area contributed by atoms with Crippen molar-refractivity contribution in [3.8, 4) is 0 Å². The van der Waals surface area contributed by atoms with Gasteiger partial charge in [0.15, 0.2) is 0 Å². The highest BCUT2D eigenvalue weighted by Crippen LogP contribution is 2.23. The van der Waals surface area contributed by atoms with E-state index < -0.39 is 0 Å². The molecule has 4 heteroatoms. The number of nitrogens with zero attached hydrogens (tertiary/aromatic N) is 1. The van der Waals surface area contributed by atoms with Gasteiger partial charge >= 0.3 is 0 Å². The minimum atomic E-state index is -0.0451. The van der Waals surface area contributed by atoms with Crippen LogP contribution in [0.25, 0.3) is 0 Å². The highest BCUT2D eigenvalue weighted by Gasteiger charge is 2.28. The molecular weight excluding hydrogens is 216 g/mol. The van der Waals surface area contributed by atoms with Crippen molar-refractivity contribution in [1.82, 2.24) is 4.98 Å². The van der Waals surface area contributed by atoms with E-state index in [1.807, 2.05) is 19.9 Å². The van der Waals surface area contributed by atoms with Crippen LogP contribution in [0.5, 0.6) is 0 Å². The summed E-state index contributed by atoms with van der Waals surface area (Å²) in [7, 11) is 0. The first-order valence-corrected chi connectivity index (χ1v) is 6.01. The van der Waals surface area contributed by atoms with Crippen molar-refractivity contribution >= 4 is 11.6 Å². The number of amides is 1. The molecule has 0 unspecified atom stereocenters. The monoisotopic (exact) mass is 234 g/mol. The summed E-state index contributed by atoms with van der Waals surface area (Å²) in [6.45, 7) is 4.66. The van der Waals surface area contributed by atoms with E-state index in [1.165, 1.54) is 0 Å². The Hall–Kier alpha value is -1.42. The molecule has 4 nitrogen and oxygen atoms in total. The summed E-state index contributed by atoms with van der Waals surface area (Å²) in [5, 5.41) is 2.95. The largest absolute Gasteiger partial charge is 0.378 e. The molecule has 1 aromatic rings. The summed E-state index contributed by atoms with van der Waals surface area (Å²) in [4.78, 5) is 16.1. The van der Waals surface area contributed by atoms with Gasteiger partial charge in [-0.05, 0) is 38.3 Å². The highest BCUT2D eigenvalue weighted by atomic mass is 16.5. The number of anilines is 1. The minimum absolute atomic E-state index is 0.00546. The van der Waals surface area contributed by atoms with Crippen molar-refractivity contribution in [2.75, 3.05) is 11.9 Å². The molecule has 1 aromatic heterocycles. The average Bonchev–Trinajstić information content (AvgIpc) is 2.32. The molecule has 1 N–H and O–H groups in total. The molecule has 1 fully saturated rings. The third-order valence-corrected chi connectivity index (χ3v) is 3.22. The van der Waals surface area contributed by atoms with Crippen molar-refractivity contribution in [2.24, 2.45) is 5.92 Å². The number of rotatable bonds is 2. The number of aryl methyl sites for hydroxylation is 1. The predicted octanol–water partition coefficient (Wildman–Crippen LogP) is 2.14. The number of carbonyl (C=O) groups excluding carboxylic acids is 1. The van der Waals surface area contributed by atoms with E-state index >= 15 is 0 Å². The number of ether oxygens (including phenoxy) is 1. The first kappa shape index (κ1) is 12.0. The molecule has 2 atom stereocenters. The van der Waals surface area contributed by atoms with Gasteiger partial charge in [-0.1, -0.05) is 0 Å². The maximum absolute atomic E-state index is 12.1. The van der Waals surface area contributed by atoms with Crippen LogP contribution >= 0.6 is 0 Å². The fourth-order valence-electron chi connectivity index (χ4n) is 2.11. The molecule has 1 saturated heterocycles. The number of aromatic nitrogens is 1. The lowest BCUT2D eigenvalue weighted by Crippen LogP contribution is -2.36. The van der Waals surface area contributed by atoms with Gasteiger partial charge in [-0.15, -0.1) is 0 Å². The number of nitrogens with one attached hydrogen (secondary N) is 1. The van der Waals surface area contributed by atoms with Gasteiger partial charge in [0.05, 0.1) is 12.0 Å². The Balaban J connectivity index is 2.03. The lowest BCUT2D eigenvalue weighted by atomic mass is 9.94. The molecule has 1 amide bonds. The van der Waals surface area contributed by atoms with E-state index in [4.69, 9.17) is 4.74 Å². The van der Waals surface area contributed by atoms with Gasteiger partial charge in [0, 0.05) is 24.7 Å². The SMILES string of the molecule is Cc1cnccc1NC(=O)[C@@H]1CCCO[C@@H]1C. The lowest BCUT2D eigenvalue weighted by molar-refractivity contribution is -0.127. The first-order chi connectivity index (χ1) is 8.18. The van der Waals surface area contributed by atoms with Crippen LogP contribution in [0.2, 0.25) is 0 Å². The molecule has 0 bridgehead atoms. The second-order valence-corrected chi connectivity index (χ2v) is 4.50. The number of carbonyl (C=O) groups is 1. The summed E-state index contributed by atoms with van der Waals surface area (Å²) < 4.78 is 5.51. The molecule has 2 rings (SSSR count). The molecule has 1 aliphatic heterocycles. The fourth-order valence-corrected chi connectivity index (χ4v) is 2.11. The Morgan fingerprint density at radius 3 is 3.12 bits per heavy atom. The quantitative estimate of drug-likeness (QED) is 0.853. The Morgan fingerprint density at radius 1 is 1.59 bits per heavy atom. The number of hydrogen-bond donors (Lipinski definition) is 1. The smallest absolute Gasteiger partial charge is 0.230 e. The van der Waals surface area contributed by atoms with E-state index in [2.05, 4.69) is 10.3 Å². The van der Waals surface area contributed by atoms with E-state index in [1.54, 1.807) is 12.4 Å². The third-order valence-electron chi connectivity index (χ3n) is 3.22. The Morgan fingerprint density at radius 2 is 2.41 bits per heavy atom. The van der Waals surface area contributed by atoms with Crippen molar-refractivity contribution in [3.63, 3.8) is 0 Å². The van der Waals surface area contributed by atoms with E-state index in [0.29, 0.717) is 0 Å². The Labute approximate surface area is 101 Å². The first-order valence-electron chi connectivity index (χ1n) is 6.01. The highest BCUT2D eigenvalue weighted by molar-refractivity contribution is 5.93. The predicted molar refractivity (Wildman–Crippen MR) is 65.7 cm³/mol. The number of pyridine rings is 1. The molecule has 0 spiro atoms. The van der Waals surface area contributed by atoms with Crippen LogP contribution < -0.4 is 5.32 Å². The lowest BCUT2D eigenvalue weighted by Gasteiger charge is -2.28. The Kier molecular flexibility index (Phi) is 3.74. The zero-order chi connectivity index (χ0) is 12.3. The zero-order valence-corrected chi connectivity index (χ0v) is 10.3. The standard InChI is InChI=1S/C13H18N2O2/c1-9-8-14-6-5-12(9)15-13(16)11-4-3-7-17-10(11)2/h5-6,8,10-11H,3-4,7H2,1-2H3,(H,14,15,16)/t10-,11-/m1/s1. The van der Waals surface area contributed by atoms with Gasteiger partial charge in [0.1, 0.15) is 0 Å². The van der Waals surface area contributed by atoms with Crippen LogP contribution in [0, 0.1) is 12.8 Å². The van der Waals surface area contributed by atoms with Gasteiger partial charge < -0.3 is 10.1 Å². The number of hydrogen-bond acceptors (Lipinski definition) is 3. The van der Waals surface area contributed by atoms with Gasteiger partial charge in [-0.2, -0.15) is 0 Å². The average molecular weight is 234 g/mol. The molecule has 2 heterocycles. The second kappa shape index (κ2) is 5.27. The summed E-state index contributed by atoms with van der Waals surface area (Å²) in [5.41, 5.74) is 1.81. The van der Waals surface area contributed by atoms with Crippen molar-refractivity contribution < 1.29 is 9.53 Å². The van der Waals surface area contributed by atoms with E-state index in [0.717, 1.165) is 30.7 Å². The topological polar surface area (TPSA) is 51.2 Å². The van der Waals surface area contributed by atoms with Gasteiger partial charge in [-0.25, -0.2) is 0 Å². The van der Waals surface area contributed by atoms with E-state index in [9.17, 15) is 4.79 Å². The molecule has 0 radical (unpaired) electrons. The van der Waals surface area contributed by atoms with E-state index in [-0.39, 0.29) is 17.9 Å². The molecule has 1 aliphatic rings. The van der Waals surface area contributed by atoms with Crippen LogP contribution in [0.3, 0.4) is 0 Å². The second-order valence-electron chi connectivity index (χ2n) is 4.50. The van der Waals surface area contributed by atoms with Crippen molar-refractivity contribution in [1.29, 1.82) is 0 Å². The van der Waals surface area contributed by atoms with Crippen molar-refractivity contribution in [2.45, 2.75) is 32.8 Å². The third kappa shape index (κ3) is 2.82. The van der Waals surface area contributed by atoms with Gasteiger partial charge in [-0.3, -0.25) is 9.78 Å². The maximum Gasteiger partial charge on any atom is 0.230 e. The van der Waals surface area contributed by atoms with Crippen LogP contribution in [-0.4, -0.2) is 23.6 Å². The molecule has 17 heavy (non-hydrogen) atoms.